The van der Waals surface area contributed by atoms with Crippen LogP contribution >= 0.6 is 0 Å². The number of ether oxygens (including phenoxy) is 1. The number of rotatable bonds is 6. The molecule has 0 unspecified atom stereocenters. The van der Waals surface area contributed by atoms with Gasteiger partial charge in [-0.1, -0.05) is 6.07 Å². The molecule has 0 spiro atoms. The second kappa shape index (κ2) is 8.27. The Morgan fingerprint density at radius 3 is 2.55 bits per heavy atom. The van der Waals surface area contributed by atoms with Crippen LogP contribution in [0.3, 0.4) is 0 Å². The first-order valence-electron chi connectivity index (χ1n) is 10.8. The Balaban J connectivity index is 1.62. The van der Waals surface area contributed by atoms with Crippen LogP contribution in [0.1, 0.15) is 57.4 Å². The average molecular weight is 476 g/mol. The highest BCUT2D eigenvalue weighted by molar-refractivity contribution is 7.93. The number of hydrogen-bond acceptors (Lipinski definition) is 6. The molecule has 0 radical (unpaired) electrons. The van der Waals surface area contributed by atoms with Gasteiger partial charge in [0.15, 0.2) is 15.7 Å². The Morgan fingerprint density at radius 1 is 1.21 bits per heavy atom. The Bertz CT molecular complexity index is 1240. The van der Waals surface area contributed by atoms with Gasteiger partial charge in [-0.25, -0.2) is 27.2 Å². The van der Waals surface area contributed by atoms with Crippen LogP contribution in [-0.4, -0.2) is 41.2 Å². The molecule has 2 aliphatic rings. The number of hydrogen-bond donors (Lipinski definition) is 0. The first-order valence-corrected chi connectivity index (χ1v) is 12.5. The molecule has 0 saturated heterocycles. The minimum absolute atomic E-state index is 0.0155. The SMILES string of the molecule is CC1=N[C@](C)(c2cc(/C=C(\F)c3cnc(OCC4CC4)cn3)ccc2F)CS(=O)(=O)C1(C)C. The van der Waals surface area contributed by atoms with Gasteiger partial charge >= 0.3 is 0 Å². The van der Waals surface area contributed by atoms with Crippen molar-refractivity contribution in [3.63, 3.8) is 0 Å². The standard InChI is InChI=1S/C24H27F2N3O3S/c1-15-23(2,3)33(30,31)14-24(4,29-15)18-9-17(7-8-19(18)25)10-20(26)21-11-28-22(12-27-21)32-13-16-5-6-16/h7-12,16H,5-6,13-14H2,1-4H3/b20-10-/t24-/m0/s1. The second-order valence-electron chi connectivity index (χ2n) is 9.47. The van der Waals surface area contributed by atoms with E-state index in [1.54, 1.807) is 27.7 Å². The van der Waals surface area contributed by atoms with Crippen molar-refractivity contribution in [3.05, 3.63) is 53.2 Å². The van der Waals surface area contributed by atoms with Crippen molar-refractivity contribution < 1.29 is 21.9 Å². The predicted molar refractivity (Wildman–Crippen MR) is 124 cm³/mol. The van der Waals surface area contributed by atoms with Gasteiger partial charge in [-0.05, 0) is 70.2 Å². The number of nitrogens with zero attached hydrogens (tertiary/aromatic N) is 3. The van der Waals surface area contributed by atoms with Crippen LogP contribution < -0.4 is 4.74 Å². The number of halogens is 2. The molecule has 1 aromatic heterocycles. The van der Waals surface area contributed by atoms with E-state index in [9.17, 15) is 17.2 Å². The van der Waals surface area contributed by atoms with Crippen molar-refractivity contribution in [2.45, 2.75) is 50.8 Å². The first kappa shape index (κ1) is 23.5. The van der Waals surface area contributed by atoms with Crippen LogP contribution in [0.25, 0.3) is 11.9 Å². The molecule has 0 amide bonds. The zero-order valence-corrected chi connectivity index (χ0v) is 19.9. The molecule has 1 saturated carbocycles. The van der Waals surface area contributed by atoms with Crippen molar-refractivity contribution in [1.82, 2.24) is 9.97 Å². The summed E-state index contributed by atoms with van der Waals surface area (Å²) in [4.78, 5) is 12.7. The smallest absolute Gasteiger partial charge is 0.232 e. The summed E-state index contributed by atoms with van der Waals surface area (Å²) in [7, 11) is -3.59. The highest BCUT2D eigenvalue weighted by Crippen LogP contribution is 2.39. The predicted octanol–water partition coefficient (Wildman–Crippen LogP) is 4.76. The molecule has 0 bridgehead atoms. The summed E-state index contributed by atoms with van der Waals surface area (Å²) in [5.74, 6) is -0.694. The van der Waals surface area contributed by atoms with Gasteiger partial charge in [0.25, 0.3) is 0 Å². The molecule has 2 heterocycles. The van der Waals surface area contributed by atoms with Gasteiger partial charge in [-0.15, -0.1) is 0 Å². The van der Waals surface area contributed by atoms with E-state index >= 15 is 0 Å². The van der Waals surface area contributed by atoms with Crippen molar-refractivity contribution in [2.24, 2.45) is 10.9 Å². The van der Waals surface area contributed by atoms with E-state index in [1.165, 1.54) is 36.7 Å². The molecule has 4 rings (SSSR count). The van der Waals surface area contributed by atoms with E-state index in [4.69, 9.17) is 4.74 Å². The molecule has 33 heavy (non-hydrogen) atoms. The summed E-state index contributed by atoms with van der Waals surface area (Å²) in [6.45, 7) is 6.98. The number of sulfone groups is 1. The monoisotopic (exact) mass is 475 g/mol. The minimum atomic E-state index is -3.59. The zero-order valence-electron chi connectivity index (χ0n) is 19.1. The van der Waals surface area contributed by atoms with Crippen molar-refractivity contribution in [1.29, 1.82) is 0 Å². The van der Waals surface area contributed by atoms with Gasteiger partial charge in [0.1, 0.15) is 16.3 Å². The summed E-state index contributed by atoms with van der Waals surface area (Å²) < 4.78 is 59.8. The van der Waals surface area contributed by atoms with E-state index in [0.29, 0.717) is 29.7 Å². The van der Waals surface area contributed by atoms with E-state index in [2.05, 4.69) is 15.0 Å². The Labute approximate surface area is 192 Å². The molecular formula is C24H27F2N3O3S. The molecule has 1 aliphatic heterocycles. The van der Waals surface area contributed by atoms with Crippen LogP contribution in [0.4, 0.5) is 8.78 Å². The van der Waals surface area contributed by atoms with Gasteiger partial charge in [0.2, 0.25) is 5.88 Å². The summed E-state index contributed by atoms with van der Waals surface area (Å²) in [6, 6.07) is 4.04. The van der Waals surface area contributed by atoms with Gasteiger partial charge in [0, 0.05) is 11.3 Å². The lowest BCUT2D eigenvalue weighted by atomic mass is 9.91. The molecule has 9 heteroatoms. The van der Waals surface area contributed by atoms with Crippen LogP contribution in [0.15, 0.2) is 35.6 Å². The third kappa shape index (κ3) is 4.69. The van der Waals surface area contributed by atoms with E-state index in [-0.39, 0.29) is 17.0 Å². The van der Waals surface area contributed by atoms with Crippen LogP contribution in [0.2, 0.25) is 0 Å². The maximum absolute atomic E-state index is 14.8. The molecule has 2 aromatic rings. The average Bonchev–Trinajstić information content (AvgIpc) is 3.57. The molecule has 1 atom stereocenters. The van der Waals surface area contributed by atoms with Gasteiger partial charge in [-0.3, -0.25) is 4.99 Å². The maximum atomic E-state index is 14.8. The topological polar surface area (TPSA) is 81.5 Å². The lowest BCUT2D eigenvalue weighted by molar-refractivity contribution is 0.287. The van der Waals surface area contributed by atoms with Crippen molar-refractivity contribution in [3.8, 4) is 5.88 Å². The van der Waals surface area contributed by atoms with E-state index < -0.39 is 31.8 Å². The van der Waals surface area contributed by atoms with Gasteiger partial charge < -0.3 is 4.74 Å². The highest BCUT2D eigenvalue weighted by atomic mass is 32.2. The van der Waals surface area contributed by atoms with E-state index in [0.717, 1.165) is 12.8 Å². The second-order valence-corrected chi connectivity index (χ2v) is 12.0. The third-order valence-corrected chi connectivity index (χ3v) is 9.23. The first-order chi connectivity index (χ1) is 15.4. The van der Waals surface area contributed by atoms with Crippen LogP contribution in [0, 0.1) is 11.7 Å². The summed E-state index contributed by atoms with van der Waals surface area (Å²) in [6.07, 6.45) is 6.16. The quantitative estimate of drug-likeness (QED) is 0.602. The number of benzene rings is 1. The molecule has 1 aromatic carbocycles. The molecule has 1 fully saturated rings. The zero-order chi connectivity index (χ0) is 24.0. The molecule has 176 valence electrons. The number of aliphatic imine (C=N–C) groups is 1. The fourth-order valence-corrected chi connectivity index (χ4v) is 5.53. The van der Waals surface area contributed by atoms with Crippen LogP contribution in [0.5, 0.6) is 5.88 Å². The Morgan fingerprint density at radius 2 is 1.94 bits per heavy atom. The normalized spacial score (nSPS) is 24.3. The van der Waals surface area contributed by atoms with E-state index in [1.807, 2.05) is 0 Å². The molecule has 0 N–H and O–H groups in total. The summed E-state index contributed by atoms with van der Waals surface area (Å²) in [5.41, 5.74) is -0.444. The Kier molecular flexibility index (Phi) is 5.88. The maximum Gasteiger partial charge on any atom is 0.232 e. The summed E-state index contributed by atoms with van der Waals surface area (Å²) >= 11 is 0. The molecular weight excluding hydrogens is 448 g/mol. The fraction of sp³-hybridized carbons (Fsp3) is 0.458. The highest BCUT2D eigenvalue weighted by Gasteiger charge is 2.48. The fourth-order valence-electron chi connectivity index (χ4n) is 3.72. The van der Waals surface area contributed by atoms with Crippen molar-refractivity contribution in [2.75, 3.05) is 12.4 Å². The minimum Gasteiger partial charge on any atom is -0.476 e. The Hall–Kier alpha value is -2.68. The molecule has 6 nitrogen and oxygen atoms in total. The lowest BCUT2D eigenvalue weighted by Crippen LogP contribution is -2.50. The lowest BCUT2D eigenvalue weighted by Gasteiger charge is -2.38. The molecule has 1 aliphatic carbocycles. The third-order valence-electron chi connectivity index (χ3n) is 6.44. The van der Waals surface area contributed by atoms with Gasteiger partial charge in [-0.2, -0.15) is 0 Å². The largest absolute Gasteiger partial charge is 0.476 e. The number of aromatic nitrogens is 2. The van der Waals surface area contributed by atoms with Crippen molar-refractivity contribution >= 4 is 27.5 Å². The van der Waals surface area contributed by atoms with Crippen LogP contribution in [-0.2, 0) is 15.4 Å². The summed E-state index contributed by atoms with van der Waals surface area (Å²) in [5, 5.41) is 0. The van der Waals surface area contributed by atoms with Gasteiger partial charge in [0.05, 0.1) is 30.3 Å².